The van der Waals surface area contributed by atoms with Crippen molar-refractivity contribution in [2.24, 2.45) is 5.92 Å². The van der Waals surface area contributed by atoms with Gasteiger partial charge < -0.3 is 5.32 Å². The molecule has 3 heterocycles. The van der Waals surface area contributed by atoms with E-state index in [-0.39, 0.29) is 5.91 Å². The smallest absolute Gasteiger partial charge is 0.261 e. The summed E-state index contributed by atoms with van der Waals surface area (Å²) < 4.78 is 1.82. The number of amides is 1. The van der Waals surface area contributed by atoms with Crippen LogP contribution in [0.5, 0.6) is 0 Å². The highest BCUT2D eigenvalue weighted by Gasteiger charge is 2.31. The molecule has 0 radical (unpaired) electrons. The van der Waals surface area contributed by atoms with Gasteiger partial charge in [0, 0.05) is 30.4 Å². The number of aromatic nitrogens is 3. The number of benzene rings is 1. The Hall–Kier alpha value is -2.99. The van der Waals surface area contributed by atoms with E-state index in [1.54, 1.807) is 0 Å². The summed E-state index contributed by atoms with van der Waals surface area (Å²) >= 11 is 1.48. The Labute approximate surface area is 179 Å². The summed E-state index contributed by atoms with van der Waals surface area (Å²) in [6, 6.07) is 12.6. The van der Waals surface area contributed by atoms with Crippen LogP contribution in [0.25, 0.3) is 16.8 Å². The third kappa shape index (κ3) is 3.87. The highest BCUT2D eigenvalue weighted by molar-refractivity contribution is 7.12. The molecule has 1 N–H and O–H groups in total. The van der Waals surface area contributed by atoms with Gasteiger partial charge in [-0.15, -0.1) is 11.3 Å². The second-order valence-electron chi connectivity index (χ2n) is 7.98. The van der Waals surface area contributed by atoms with Gasteiger partial charge in [-0.2, -0.15) is 5.10 Å². The van der Waals surface area contributed by atoms with Crippen molar-refractivity contribution in [3.8, 4) is 11.1 Å². The normalized spacial score (nSPS) is 14.7. The number of fused-ring (bicyclic) bond motifs is 1. The van der Waals surface area contributed by atoms with Crippen LogP contribution in [0.4, 0.5) is 0 Å². The summed E-state index contributed by atoms with van der Waals surface area (Å²) in [5.41, 5.74) is 5.10. The van der Waals surface area contributed by atoms with Crippen molar-refractivity contribution in [2.45, 2.75) is 38.6 Å². The zero-order valence-corrected chi connectivity index (χ0v) is 17.7. The van der Waals surface area contributed by atoms with E-state index < -0.39 is 0 Å². The maximum atomic E-state index is 12.7. The van der Waals surface area contributed by atoms with Gasteiger partial charge >= 0.3 is 0 Å². The van der Waals surface area contributed by atoms with Crippen LogP contribution in [0.2, 0.25) is 0 Å². The molecule has 152 valence electrons. The van der Waals surface area contributed by atoms with Crippen molar-refractivity contribution < 1.29 is 4.79 Å². The average Bonchev–Trinajstić information content (AvgIpc) is 3.34. The molecule has 4 aromatic rings. The van der Waals surface area contributed by atoms with Crippen molar-refractivity contribution in [3.05, 3.63) is 76.4 Å². The molecule has 0 bridgehead atoms. The molecule has 1 unspecified atom stereocenters. The highest BCUT2D eigenvalue weighted by atomic mass is 32.1. The highest BCUT2D eigenvalue weighted by Crippen LogP contribution is 2.34. The summed E-state index contributed by atoms with van der Waals surface area (Å²) in [6.07, 6.45) is 10.0. The van der Waals surface area contributed by atoms with E-state index in [1.165, 1.54) is 29.7 Å². The second-order valence-corrected chi connectivity index (χ2v) is 8.89. The predicted molar refractivity (Wildman–Crippen MR) is 120 cm³/mol. The molecule has 5 rings (SSSR count). The molecule has 30 heavy (non-hydrogen) atoms. The van der Waals surface area contributed by atoms with Gasteiger partial charge in [0.05, 0.1) is 11.1 Å². The first-order chi connectivity index (χ1) is 14.7. The van der Waals surface area contributed by atoms with Crippen LogP contribution in [-0.2, 0) is 6.42 Å². The second kappa shape index (κ2) is 8.03. The predicted octanol–water partition coefficient (Wildman–Crippen LogP) is 4.97. The molecule has 0 spiro atoms. The third-order valence-electron chi connectivity index (χ3n) is 5.74. The number of nitrogens with one attached hydrogen (secondary N) is 1. The topological polar surface area (TPSA) is 59.3 Å². The van der Waals surface area contributed by atoms with Gasteiger partial charge in [-0.1, -0.05) is 37.3 Å². The molecule has 6 heteroatoms. The SMILES string of the molecule is CCC(NC(=O)c1cc(-c2cnn3cc(Cc4ccccc4)cnc23)cs1)C1CC1. The molecule has 1 saturated carbocycles. The average molecular weight is 417 g/mol. The van der Waals surface area contributed by atoms with Gasteiger partial charge in [0.15, 0.2) is 5.65 Å². The van der Waals surface area contributed by atoms with Crippen molar-refractivity contribution in [1.82, 2.24) is 19.9 Å². The van der Waals surface area contributed by atoms with Gasteiger partial charge in [0.2, 0.25) is 0 Å². The third-order valence-corrected chi connectivity index (χ3v) is 6.67. The van der Waals surface area contributed by atoms with E-state index in [9.17, 15) is 4.79 Å². The standard InChI is InChI=1S/C24H24N4OS/c1-2-21(18-8-9-18)27-24(29)22-11-19(15-30-22)20-13-26-28-14-17(12-25-23(20)28)10-16-6-4-3-5-7-16/h3-7,11-15,18,21H,2,8-10H2,1H3,(H,27,29). The molecule has 1 aliphatic rings. The van der Waals surface area contributed by atoms with Crippen molar-refractivity contribution >= 4 is 22.9 Å². The number of hydrogen-bond donors (Lipinski definition) is 1. The first-order valence-electron chi connectivity index (χ1n) is 10.5. The lowest BCUT2D eigenvalue weighted by Crippen LogP contribution is -2.35. The summed E-state index contributed by atoms with van der Waals surface area (Å²) in [4.78, 5) is 18.1. The van der Waals surface area contributed by atoms with Gasteiger partial charge in [0.1, 0.15) is 0 Å². The molecular formula is C24H24N4OS. The Bertz CT molecular complexity index is 1180. The molecule has 3 aromatic heterocycles. The minimum atomic E-state index is 0.0274. The molecule has 0 saturated heterocycles. The van der Waals surface area contributed by atoms with Crippen LogP contribution in [-0.4, -0.2) is 26.5 Å². The van der Waals surface area contributed by atoms with Crippen LogP contribution >= 0.6 is 11.3 Å². The van der Waals surface area contributed by atoms with Gasteiger partial charge in [0.25, 0.3) is 5.91 Å². The van der Waals surface area contributed by atoms with Gasteiger partial charge in [-0.25, -0.2) is 9.50 Å². The van der Waals surface area contributed by atoms with E-state index >= 15 is 0 Å². The molecule has 1 aliphatic carbocycles. The molecule has 1 amide bonds. The number of carbonyl (C=O) groups is 1. The van der Waals surface area contributed by atoms with Crippen LogP contribution in [0, 0.1) is 5.92 Å². The lowest BCUT2D eigenvalue weighted by molar-refractivity contribution is 0.0935. The molecular weight excluding hydrogens is 392 g/mol. The lowest BCUT2D eigenvalue weighted by Gasteiger charge is -2.15. The summed E-state index contributed by atoms with van der Waals surface area (Å²) in [5, 5.41) is 9.73. The summed E-state index contributed by atoms with van der Waals surface area (Å²) in [5.74, 6) is 0.687. The van der Waals surface area contributed by atoms with Crippen LogP contribution in [0.1, 0.15) is 47.0 Å². The number of thiophene rings is 1. The van der Waals surface area contributed by atoms with Crippen LogP contribution < -0.4 is 5.32 Å². The zero-order chi connectivity index (χ0) is 20.5. The van der Waals surface area contributed by atoms with Gasteiger partial charge in [-0.3, -0.25) is 4.79 Å². The largest absolute Gasteiger partial charge is 0.348 e. The Kier molecular flexibility index (Phi) is 5.09. The minimum Gasteiger partial charge on any atom is -0.348 e. The fourth-order valence-electron chi connectivity index (χ4n) is 3.93. The maximum absolute atomic E-state index is 12.7. The van der Waals surface area contributed by atoms with Crippen molar-refractivity contribution in [2.75, 3.05) is 0 Å². The van der Waals surface area contributed by atoms with E-state index in [2.05, 4.69) is 34.5 Å². The van der Waals surface area contributed by atoms with E-state index in [0.29, 0.717) is 12.0 Å². The first-order valence-corrected chi connectivity index (χ1v) is 11.3. The molecule has 0 aliphatic heterocycles. The lowest BCUT2D eigenvalue weighted by atomic mass is 10.1. The summed E-state index contributed by atoms with van der Waals surface area (Å²) in [6.45, 7) is 2.14. The fraction of sp³-hybridized carbons (Fsp3) is 0.292. The van der Waals surface area contributed by atoms with Crippen molar-refractivity contribution in [1.29, 1.82) is 0 Å². The number of rotatable bonds is 7. The summed E-state index contributed by atoms with van der Waals surface area (Å²) in [7, 11) is 0. The van der Waals surface area contributed by atoms with E-state index in [0.717, 1.165) is 40.1 Å². The molecule has 1 atom stereocenters. The number of nitrogens with zero attached hydrogens (tertiary/aromatic N) is 3. The van der Waals surface area contributed by atoms with Gasteiger partial charge in [-0.05, 0) is 53.3 Å². The molecule has 1 aromatic carbocycles. The Balaban J connectivity index is 1.35. The fourth-order valence-corrected chi connectivity index (χ4v) is 4.74. The van der Waals surface area contributed by atoms with Crippen LogP contribution in [0.15, 0.2) is 60.4 Å². The Morgan fingerprint density at radius 2 is 2.07 bits per heavy atom. The Morgan fingerprint density at radius 1 is 1.23 bits per heavy atom. The number of hydrogen-bond acceptors (Lipinski definition) is 4. The van der Waals surface area contributed by atoms with Crippen LogP contribution in [0.3, 0.4) is 0 Å². The van der Waals surface area contributed by atoms with Crippen molar-refractivity contribution in [3.63, 3.8) is 0 Å². The minimum absolute atomic E-state index is 0.0274. The first kappa shape index (κ1) is 19.0. The van der Waals surface area contributed by atoms with E-state index in [1.807, 2.05) is 52.8 Å². The number of carbonyl (C=O) groups excluding carboxylic acids is 1. The maximum Gasteiger partial charge on any atom is 0.261 e. The van der Waals surface area contributed by atoms with E-state index in [4.69, 9.17) is 0 Å². The quantitative estimate of drug-likeness (QED) is 0.463. The molecule has 1 fully saturated rings. The zero-order valence-electron chi connectivity index (χ0n) is 16.9. The Morgan fingerprint density at radius 3 is 2.83 bits per heavy atom. The monoisotopic (exact) mass is 416 g/mol. The molecule has 5 nitrogen and oxygen atoms in total.